The van der Waals surface area contributed by atoms with Crippen LogP contribution in [0.3, 0.4) is 0 Å². The summed E-state index contributed by atoms with van der Waals surface area (Å²) >= 11 is 0. The highest BCUT2D eigenvalue weighted by Gasteiger charge is 2.10. The lowest BCUT2D eigenvalue weighted by molar-refractivity contribution is 0.0924. The SMILES string of the molecule is COCCC(C)NC(=O)c1ccc(C#N)cn1. The van der Waals surface area contributed by atoms with Crippen molar-refractivity contribution in [2.24, 2.45) is 0 Å². The smallest absolute Gasteiger partial charge is 0.270 e. The lowest BCUT2D eigenvalue weighted by Gasteiger charge is -2.12. The van der Waals surface area contributed by atoms with Gasteiger partial charge in [-0.1, -0.05) is 0 Å². The number of carbonyl (C=O) groups excluding carboxylic acids is 1. The van der Waals surface area contributed by atoms with Crippen LogP contribution in [0.1, 0.15) is 29.4 Å². The predicted molar refractivity (Wildman–Crippen MR) is 62.4 cm³/mol. The summed E-state index contributed by atoms with van der Waals surface area (Å²) in [7, 11) is 1.62. The van der Waals surface area contributed by atoms with E-state index in [1.165, 1.54) is 12.3 Å². The van der Waals surface area contributed by atoms with Crippen molar-refractivity contribution in [3.63, 3.8) is 0 Å². The molecule has 1 heterocycles. The summed E-state index contributed by atoms with van der Waals surface area (Å²) in [6.45, 7) is 2.50. The Morgan fingerprint density at radius 3 is 2.94 bits per heavy atom. The first-order valence-corrected chi connectivity index (χ1v) is 5.33. The Bertz CT molecular complexity index is 409. The minimum Gasteiger partial charge on any atom is -0.385 e. The summed E-state index contributed by atoms with van der Waals surface area (Å²) in [6.07, 6.45) is 2.13. The van der Waals surface area contributed by atoms with Gasteiger partial charge in [-0.2, -0.15) is 5.26 Å². The van der Waals surface area contributed by atoms with E-state index in [9.17, 15) is 4.79 Å². The van der Waals surface area contributed by atoms with Crippen molar-refractivity contribution in [1.29, 1.82) is 5.26 Å². The third-order valence-corrected chi connectivity index (χ3v) is 2.26. The predicted octanol–water partition coefficient (Wildman–Crippen LogP) is 1.11. The second-order valence-electron chi connectivity index (χ2n) is 3.70. The number of pyridine rings is 1. The molecule has 5 heteroatoms. The monoisotopic (exact) mass is 233 g/mol. The van der Waals surface area contributed by atoms with Gasteiger partial charge in [0.15, 0.2) is 0 Å². The maximum absolute atomic E-state index is 11.7. The summed E-state index contributed by atoms with van der Waals surface area (Å²) in [6, 6.07) is 5.09. The number of carbonyl (C=O) groups is 1. The van der Waals surface area contributed by atoms with Crippen LogP contribution in [-0.2, 0) is 4.74 Å². The van der Waals surface area contributed by atoms with Crippen LogP contribution in [0.4, 0.5) is 0 Å². The molecule has 5 nitrogen and oxygen atoms in total. The number of rotatable bonds is 5. The van der Waals surface area contributed by atoms with Gasteiger partial charge in [0.1, 0.15) is 11.8 Å². The van der Waals surface area contributed by atoms with Crippen molar-refractivity contribution in [2.45, 2.75) is 19.4 Å². The molecular weight excluding hydrogens is 218 g/mol. The second kappa shape index (κ2) is 6.61. The van der Waals surface area contributed by atoms with Gasteiger partial charge < -0.3 is 10.1 Å². The lowest BCUT2D eigenvalue weighted by atomic mass is 10.2. The second-order valence-corrected chi connectivity index (χ2v) is 3.70. The number of nitriles is 1. The van der Waals surface area contributed by atoms with Gasteiger partial charge in [0.2, 0.25) is 0 Å². The Labute approximate surface area is 100 Å². The Balaban J connectivity index is 2.54. The highest BCUT2D eigenvalue weighted by Crippen LogP contribution is 2.00. The van der Waals surface area contributed by atoms with Gasteiger partial charge in [-0.3, -0.25) is 4.79 Å². The number of ether oxygens (including phenoxy) is 1. The van der Waals surface area contributed by atoms with Crippen LogP contribution < -0.4 is 5.32 Å². The zero-order valence-electron chi connectivity index (χ0n) is 9.93. The van der Waals surface area contributed by atoms with Crippen molar-refractivity contribution in [3.8, 4) is 6.07 Å². The number of amides is 1. The minimum atomic E-state index is -0.238. The van der Waals surface area contributed by atoms with Crippen LogP contribution in [0.5, 0.6) is 0 Å². The topological polar surface area (TPSA) is 75.0 Å². The molecule has 0 saturated heterocycles. The fraction of sp³-hybridized carbons (Fsp3) is 0.417. The number of methoxy groups -OCH3 is 1. The average molecular weight is 233 g/mol. The fourth-order valence-electron chi connectivity index (χ4n) is 1.26. The Hall–Kier alpha value is -1.93. The number of aromatic nitrogens is 1. The van der Waals surface area contributed by atoms with Crippen LogP contribution >= 0.6 is 0 Å². The highest BCUT2D eigenvalue weighted by molar-refractivity contribution is 5.92. The zero-order chi connectivity index (χ0) is 12.7. The van der Waals surface area contributed by atoms with E-state index in [1.807, 2.05) is 13.0 Å². The average Bonchev–Trinajstić information content (AvgIpc) is 2.36. The first kappa shape index (κ1) is 13.1. The molecule has 1 aromatic heterocycles. The molecular formula is C12H15N3O2. The van der Waals surface area contributed by atoms with E-state index in [4.69, 9.17) is 10.00 Å². The number of nitrogens with zero attached hydrogens (tertiary/aromatic N) is 2. The molecule has 0 bridgehead atoms. The molecule has 0 spiro atoms. The molecule has 0 radical (unpaired) electrons. The van der Waals surface area contributed by atoms with Crippen LogP contribution in [0, 0.1) is 11.3 Å². The van der Waals surface area contributed by atoms with Crippen molar-refractivity contribution in [1.82, 2.24) is 10.3 Å². The van der Waals surface area contributed by atoms with Crippen LogP contribution in [0.15, 0.2) is 18.3 Å². The summed E-state index contributed by atoms with van der Waals surface area (Å²) in [5.74, 6) is -0.238. The van der Waals surface area contributed by atoms with Crippen molar-refractivity contribution in [2.75, 3.05) is 13.7 Å². The van der Waals surface area contributed by atoms with Crippen molar-refractivity contribution in [3.05, 3.63) is 29.6 Å². The van der Waals surface area contributed by atoms with Crippen molar-refractivity contribution >= 4 is 5.91 Å². The molecule has 1 unspecified atom stereocenters. The Morgan fingerprint density at radius 2 is 2.41 bits per heavy atom. The van der Waals surface area contributed by atoms with E-state index in [0.29, 0.717) is 17.9 Å². The van der Waals surface area contributed by atoms with Gasteiger partial charge in [-0.25, -0.2) is 4.98 Å². The molecule has 0 aliphatic heterocycles. The van der Waals surface area contributed by atoms with E-state index >= 15 is 0 Å². The molecule has 1 amide bonds. The van der Waals surface area contributed by atoms with Gasteiger partial charge in [-0.05, 0) is 25.5 Å². The molecule has 0 aliphatic carbocycles. The number of nitrogens with one attached hydrogen (secondary N) is 1. The first-order chi connectivity index (χ1) is 8.17. The first-order valence-electron chi connectivity index (χ1n) is 5.33. The van der Waals surface area contributed by atoms with Gasteiger partial charge >= 0.3 is 0 Å². The molecule has 90 valence electrons. The maximum Gasteiger partial charge on any atom is 0.270 e. The molecule has 1 N–H and O–H groups in total. The van der Waals surface area contributed by atoms with E-state index in [-0.39, 0.29) is 11.9 Å². The normalized spacial score (nSPS) is 11.6. The standard InChI is InChI=1S/C12H15N3O2/c1-9(5-6-17-2)15-12(16)11-4-3-10(7-13)8-14-11/h3-4,8-9H,5-6H2,1-2H3,(H,15,16). The van der Waals surface area contributed by atoms with E-state index in [0.717, 1.165) is 6.42 Å². The maximum atomic E-state index is 11.7. The molecule has 0 aromatic carbocycles. The molecule has 1 aromatic rings. The lowest BCUT2D eigenvalue weighted by Crippen LogP contribution is -2.33. The van der Waals surface area contributed by atoms with Gasteiger partial charge in [-0.15, -0.1) is 0 Å². The summed E-state index contributed by atoms with van der Waals surface area (Å²) in [5.41, 5.74) is 0.752. The molecule has 1 atom stereocenters. The highest BCUT2D eigenvalue weighted by atomic mass is 16.5. The summed E-state index contributed by atoms with van der Waals surface area (Å²) in [5, 5.41) is 11.4. The van der Waals surface area contributed by atoms with E-state index in [2.05, 4.69) is 10.3 Å². The molecule has 0 fully saturated rings. The number of hydrogen-bond donors (Lipinski definition) is 1. The van der Waals surface area contributed by atoms with Gasteiger partial charge in [0.05, 0.1) is 5.56 Å². The van der Waals surface area contributed by atoms with E-state index < -0.39 is 0 Å². The van der Waals surface area contributed by atoms with Crippen LogP contribution in [0.25, 0.3) is 0 Å². The zero-order valence-corrected chi connectivity index (χ0v) is 9.93. The quantitative estimate of drug-likeness (QED) is 0.826. The fourth-order valence-corrected chi connectivity index (χ4v) is 1.26. The molecule has 1 rings (SSSR count). The third-order valence-electron chi connectivity index (χ3n) is 2.26. The van der Waals surface area contributed by atoms with Crippen LogP contribution in [-0.4, -0.2) is 30.6 Å². The van der Waals surface area contributed by atoms with Gasteiger partial charge in [0.25, 0.3) is 5.91 Å². The summed E-state index contributed by atoms with van der Waals surface area (Å²) in [4.78, 5) is 15.6. The largest absolute Gasteiger partial charge is 0.385 e. The van der Waals surface area contributed by atoms with Gasteiger partial charge in [0, 0.05) is 26.0 Å². The minimum absolute atomic E-state index is 0.0277. The number of hydrogen-bond acceptors (Lipinski definition) is 4. The van der Waals surface area contributed by atoms with Crippen molar-refractivity contribution < 1.29 is 9.53 Å². The van der Waals surface area contributed by atoms with E-state index in [1.54, 1.807) is 13.2 Å². The molecule has 17 heavy (non-hydrogen) atoms. The summed E-state index contributed by atoms with van der Waals surface area (Å²) < 4.78 is 4.93. The Kier molecular flexibility index (Phi) is 5.11. The molecule has 0 aliphatic rings. The van der Waals surface area contributed by atoms with Crippen LogP contribution in [0.2, 0.25) is 0 Å². The third kappa shape index (κ3) is 4.21. The molecule has 0 saturated carbocycles. The Morgan fingerprint density at radius 1 is 1.65 bits per heavy atom.